The molecule has 25 heavy (non-hydrogen) atoms. The first-order chi connectivity index (χ1) is 11.6. The molecule has 0 aromatic heterocycles. The van der Waals surface area contributed by atoms with Crippen LogP contribution in [0.5, 0.6) is 11.5 Å². The molecule has 2 rings (SSSR count). The Morgan fingerprint density at radius 2 is 1.76 bits per heavy atom. The minimum Gasteiger partial charge on any atom is -0.493 e. The molecule has 2 N–H and O–H groups in total. The van der Waals surface area contributed by atoms with Crippen LogP contribution in [-0.2, 0) is 13.1 Å². The Kier molecular flexibility index (Phi) is 8.53. The first-order valence-electron chi connectivity index (χ1n) is 7.57. The number of rotatable bonds is 9. The number of nitrogens with one attached hydrogen (secondary N) is 1. The SMILES string of the molecule is C=CCOc1ccc(CNCc2ccc(C(=O)O)cc2)cc1OC.Cl. The number of hydrogen-bond acceptors (Lipinski definition) is 4. The Hall–Kier alpha value is -2.50. The van der Waals surface area contributed by atoms with Crippen molar-refractivity contribution in [1.29, 1.82) is 0 Å². The van der Waals surface area contributed by atoms with Gasteiger partial charge in [-0.3, -0.25) is 0 Å². The fourth-order valence-electron chi connectivity index (χ4n) is 2.21. The predicted molar refractivity (Wildman–Crippen MR) is 99.9 cm³/mol. The molecule has 0 heterocycles. The fraction of sp³-hybridized carbons (Fsp3) is 0.211. The molecular weight excluding hydrogens is 342 g/mol. The van der Waals surface area contributed by atoms with E-state index in [2.05, 4.69) is 11.9 Å². The Bertz CT molecular complexity index is 701. The largest absolute Gasteiger partial charge is 0.493 e. The molecule has 5 nitrogen and oxygen atoms in total. The lowest BCUT2D eigenvalue weighted by atomic mass is 10.1. The lowest BCUT2D eigenvalue weighted by Crippen LogP contribution is -2.13. The smallest absolute Gasteiger partial charge is 0.335 e. The van der Waals surface area contributed by atoms with Gasteiger partial charge in [-0.05, 0) is 35.4 Å². The van der Waals surface area contributed by atoms with E-state index in [1.54, 1.807) is 25.3 Å². The third-order valence-corrected chi connectivity index (χ3v) is 3.44. The second-order valence-corrected chi connectivity index (χ2v) is 5.19. The van der Waals surface area contributed by atoms with Crippen LogP contribution in [0.3, 0.4) is 0 Å². The van der Waals surface area contributed by atoms with Gasteiger partial charge in [0.15, 0.2) is 11.5 Å². The Labute approximate surface area is 153 Å². The van der Waals surface area contributed by atoms with Gasteiger partial charge in [-0.25, -0.2) is 4.79 Å². The van der Waals surface area contributed by atoms with Crippen molar-refractivity contribution in [3.63, 3.8) is 0 Å². The summed E-state index contributed by atoms with van der Waals surface area (Å²) >= 11 is 0. The van der Waals surface area contributed by atoms with E-state index in [1.165, 1.54) is 0 Å². The molecule has 0 saturated heterocycles. The Morgan fingerprint density at radius 1 is 1.12 bits per heavy atom. The van der Waals surface area contributed by atoms with E-state index in [1.807, 2.05) is 30.3 Å². The predicted octanol–water partition coefficient (Wildman–Crippen LogP) is 3.67. The zero-order valence-corrected chi connectivity index (χ0v) is 14.8. The van der Waals surface area contributed by atoms with Gasteiger partial charge in [0.2, 0.25) is 0 Å². The van der Waals surface area contributed by atoms with E-state index in [-0.39, 0.29) is 12.4 Å². The Balaban J connectivity index is 0.00000312. The van der Waals surface area contributed by atoms with Crippen LogP contribution in [0.1, 0.15) is 21.5 Å². The van der Waals surface area contributed by atoms with Gasteiger partial charge >= 0.3 is 5.97 Å². The van der Waals surface area contributed by atoms with E-state index in [0.717, 1.165) is 11.1 Å². The van der Waals surface area contributed by atoms with E-state index in [9.17, 15) is 4.79 Å². The summed E-state index contributed by atoms with van der Waals surface area (Å²) in [6.45, 7) is 5.37. The first kappa shape index (κ1) is 20.5. The van der Waals surface area contributed by atoms with Gasteiger partial charge in [0.1, 0.15) is 6.61 Å². The van der Waals surface area contributed by atoms with E-state index < -0.39 is 5.97 Å². The molecule has 0 aliphatic rings. The summed E-state index contributed by atoms with van der Waals surface area (Å²) in [4.78, 5) is 10.8. The highest BCUT2D eigenvalue weighted by Crippen LogP contribution is 2.28. The minimum atomic E-state index is -0.916. The maximum Gasteiger partial charge on any atom is 0.335 e. The summed E-state index contributed by atoms with van der Waals surface area (Å²) < 4.78 is 10.9. The number of hydrogen-bond donors (Lipinski definition) is 2. The molecule has 0 fully saturated rings. The van der Waals surface area contributed by atoms with Gasteiger partial charge in [0.05, 0.1) is 12.7 Å². The summed E-state index contributed by atoms with van der Waals surface area (Å²) in [5.74, 6) is 0.452. The Morgan fingerprint density at radius 3 is 2.36 bits per heavy atom. The van der Waals surface area contributed by atoms with Gasteiger partial charge in [-0.2, -0.15) is 0 Å². The molecule has 0 saturated carbocycles. The molecule has 0 unspecified atom stereocenters. The van der Waals surface area contributed by atoms with Crippen molar-refractivity contribution in [2.75, 3.05) is 13.7 Å². The molecule has 2 aromatic carbocycles. The van der Waals surface area contributed by atoms with Gasteiger partial charge in [0.25, 0.3) is 0 Å². The number of methoxy groups -OCH3 is 1. The zero-order valence-electron chi connectivity index (χ0n) is 14.0. The summed E-state index contributed by atoms with van der Waals surface area (Å²) in [7, 11) is 1.61. The molecule has 0 radical (unpaired) electrons. The number of benzene rings is 2. The number of carboxylic acid groups (broad SMARTS) is 1. The molecule has 134 valence electrons. The van der Waals surface area contributed by atoms with Crippen molar-refractivity contribution in [3.05, 3.63) is 71.8 Å². The number of aromatic carboxylic acids is 1. The third kappa shape index (κ3) is 6.14. The standard InChI is InChI=1S/C19H21NO4.ClH/c1-3-10-24-17-9-6-15(11-18(17)23-2)13-20-12-14-4-7-16(8-5-14)19(21)22;/h3-9,11,20H,1,10,12-13H2,2H3,(H,21,22);1H. The van der Waals surface area contributed by atoms with Crippen LogP contribution in [0.15, 0.2) is 55.1 Å². The zero-order chi connectivity index (χ0) is 17.4. The van der Waals surface area contributed by atoms with Crippen molar-refractivity contribution in [2.24, 2.45) is 0 Å². The molecule has 0 spiro atoms. The van der Waals surface area contributed by atoms with Gasteiger partial charge in [-0.15, -0.1) is 12.4 Å². The number of carboxylic acids is 1. The normalized spacial score (nSPS) is 9.80. The number of halogens is 1. The number of carbonyl (C=O) groups is 1. The molecule has 0 amide bonds. The summed E-state index contributed by atoms with van der Waals surface area (Å²) in [5, 5.41) is 12.2. The first-order valence-corrected chi connectivity index (χ1v) is 7.57. The van der Waals surface area contributed by atoms with Crippen LogP contribution in [0, 0.1) is 0 Å². The van der Waals surface area contributed by atoms with Gasteiger partial charge < -0.3 is 19.9 Å². The van der Waals surface area contributed by atoms with Crippen molar-refractivity contribution < 1.29 is 19.4 Å². The van der Waals surface area contributed by atoms with Crippen LogP contribution in [-0.4, -0.2) is 24.8 Å². The maximum absolute atomic E-state index is 10.8. The number of ether oxygens (including phenoxy) is 2. The molecule has 6 heteroatoms. The third-order valence-electron chi connectivity index (χ3n) is 3.44. The van der Waals surface area contributed by atoms with Crippen molar-refractivity contribution in [3.8, 4) is 11.5 Å². The van der Waals surface area contributed by atoms with E-state index >= 15 is 0 Å². The van der Waals surface area contributed by atoms with Crippen LogP contribution in [0.2, 0.25) is 0 Å². The van der Waals surface area contributed by atoms with Gasteiger partial charge in [-0.1, -0.05) is 30.9 Å². The monoisotopic (exact) mass is 363 g/mol. The fourth-order valence-corrected chi connectivity index (χ4v) is 2.21. The van der Waals surface area contributed by atoms with Crippen molar-refractivity contribution >= 4 is 18.4 Å². The van der Waals surface area contributed by atoms with E-state index in [4.69, 9.17) is 14.6 Å². The average molecular weight is 364 g/mol. The quantitative estimate of drug-likeness (QED) is 0.665. The minimum absolute atomic E-state index is 0. The van der Waals surface area contributed by atoms with Crippen LogP contribution in [0.4, 0.5) is 0 Å². The second kappa shape index (κ2) is 10.4. The molecular formula is C19H22ClNO4. The summed E-state index contributed by atoms with van der Waals surface area (Å²) in [5.41, 5.74) is 2.39. The molecule has 0 bridgehead atoms. The average Bonchev–Trinajstić information content (AvgIpc) is 2.60. The van der Waals surface area contributed by atoms with Crippen molar-refractivity contribution in [2.45, 2.75) is 13.1 Å². The van der Waals surface area contributed by atoms with Gasteiger partial charge in [0, 0.05) is 13.1 Å². The van der Waals surface area contributed by atoms with Crippen LogP contribution >= 0.6 is 12.4 Å². The van der Waals surface area contributed by atoms with Crippen LogP contribution in [0.25, 0.3) is 0 Å². The molecule has 2 aromatic rings. The molecule has 0 aliphatic carbocycles. The van der Waals surface area contributed by atoms with Crippen molar-refractivity contribution in [1.82, 2.24) is 5.32 Å². The summed E-state index contributed by atoms with van der Waals surface area (Å²) in [6, 6.07) is 12.6. The topological polar surface area (TPSA) is 67.8 Å². The highest BCUT2D eigenvalue weighted by Gasteiger charge is 2.06. The summed E-state index contributed by atoms with van der Waals surface area (Å²) in [6.07, 6.45) is 1.69. The van der Waals surface area contributed by atoms with Crippen LogP contribution < -0.4 is 14.8 Å². The second-order valence-electron chi connectivity index (χ2n) is 5.19. The van der Waals surface area contributed by atoms with E-state index in [0.29, 0.717) is 36.8 Å². The lowest BCUT2D eigenvalue weighted by Gasteiger charge is -2.11. The lowest BCUT2D eigenvalue weighted by molar-refractivity contribution is 0.0697. The molecule has 0 aliphatic heterocycles. The maximum atomic E-state index is 10.8. The highest BCUT2D eigenvalue weighted by molar-refractivity contribution is 5.87. The highest BCUT2D eigenvalue weighted by atomic mass is 35.5. The molecule has 0 atom stereocenters.